The van der Waals surface area contributed by atoms with E-state index in [0.717, 1.165) is 30.1 Å². The van der Waals surface area contributed by atoms with E-state index >= 15 is 0 Å². The molecule has 0 aromatic heterocycles. The Morgan fingerprint density at radius 1 is 1.00 bits per heavy atom. The lowest BCUT2D eigenvalue weighted by atomic mass is 10.1. The van der Waals surface area contributed by atoms with Gasteiger partial charge >= 0.3 is 6.09 Å². The predicted molar refractivity (Wildman–Crippen MR) is 125 cm³/mol. The van der Waals surface area contributed by atoms with Gasteiger partial charge in [0.1, 0.15) is 5.60 Å². The molecule has 7 nitrogen and oxygen atoms in total. The molecule has 0 aliphatic heterocycles. The minimum Gasteiger partial charge on any atom is -0.444 e. The fourth-order valence-electron chi connectivity index (χ4n) is 2.93. The summed E-state index contributed by atoms with van der Waals surface area (Å²) >= 11 is 0. The van der Waals surface area contributed by atoms with Crippen LogP contribution in [0.5, 0.6) is 0 Å². The quantitative estimate of drug-likeness (QED) is 0.437. The van der Waals surface area contributed by atoms with Gasteiger partial charge in [-0.05, 0) is 56.0 Å². The lowest BCUT2D eigenvalue weighted by Gasteiger charge is -2.19. The Morgan fingerprint density at radius 2 is 1.68 bits per heavy atom. The van der Waals surface area contributed by atoms with Gasteiger partial charge in [-0.15, -0.1) is 0 Å². The summed E-state index contributed by atoms with van der Waals surface area (Å²) in [6, 6.07) is 15.9. The molecule has 31 heavy (non-hydrogen) atoms. The average Bonchev–Trinajstić information content (AvgIpc) is 2.71. The summed E-state index contributed by atoms with van der Waals surface area (Å²) in [4.78, 5) is 16.1. The van der Waals surface area contributed by atoms with Crippen LogP contribution in [0.15, 0.2) is 53.5 Å². The summed E-state index contributed by atoms with van der Waals surface area (Å²) in [5.41, 5.74) is 3.68. The van der Waals surface area contributed by atoms with Gasteiger partial charge in [-0.3, -0.25) is 10.3 Å². The number of ether oxygens (including phenoxy) is 2. The van der Waals surface area contributed by atoms with E-state index in [4.69, 9.17) is 9.47 Å². The van der Waals surface area contributed by atoms with Crippen molar-refractivity contribution in [2.45, 2.75) is 45.9 Å². The zero-order chi connectivity index (χ0) is 22.7. The van der Waals surface area contributed by atoms with E-state index in [1.165, 1.54) is 5.56 Å². The normalized spacial score (nSPS) is 11.7. The molecule has 2 aromatic rings. The van der Waals surface area contributed by atoms with Crippen LogP contribution in [0.1, 0.15) is 37.5 Å². The number of rotatable bonds is 8. The molecule has 0 fully saturated rings. The maximum Gasteiger partial charge on any atom is 0.412 e. The number of anilines is 1. The third-order valence-electron chi connectivity index (χ3n) is 4.39. The van der Waals surface area contributed by atoms with Crippen molar-refractivity contribution < 1.29 is 14.3 Å². The van der Waals surface area contributed by atoms with Gasteiger partial charge in [0.25, 0.3) is 0 Å². The minimum atomic E-state index is -0.520. The zero-order valence-corrected chi connectivity index (χ0v) is 19.1. The molecular weight excluding hydrogens is 392 g/mol. The van der Waals surface area contributed by atoms with Crippen molar-refractivity contribution in [1.82, 2.24) is 10.6 Å². The second-order valence-corrected chi connectivity index (χ2v) is 8.13. The average molecular weight is 427 g/mol. The van der Waals surface area contributed by atoms with Gasteiger partial charge < -0.3 is 20.1 Å². The van der Waals surface area contributed by atoms with Crippen LogP contribution in [-0.4, -0.2) is 38.4 Å². The van der Waals surface area contributed by atoms with Crippen LogP contribution in [-0.2, 0) is 29.0 Å². The van der Waals surface area contributed by atoms with E-state index in [-0.39, 0.29) is 0 Å². The number of carbonyl (C=O) groups excluding carboxylic acids is 1. The largest absolute Gasteiger partial charge is 0.444 e. The van der Waals surface area contributed by atoms with Crippen molar-refractivity contribution in [2.75, 3.05) is 26.0 Å². The summed E-state index contributed by atoms with van der Waals surface area (Å²) in [6.07, 6.45) is 0.372. The molecule has 0 atom stereocenters. The molecule has 7 heteroatoms. The number of nitrogens with one attached hydrogen (secondary N) is 3. The molecular formula is C24H34N4O3. The number of aliphatic imine (C=N–C) groups is 1. The van der Waals surface area contributed by atoms with E-state index in [9.17, 15) is 4.79 Å². The van der Waals surface area contributed by atoms with Crippen molar-refractivity contribution in [3.8, 4) is 0 Å². The molecule has 2 rings (SSSR count). The summed E-state index contributed by atoms with van der Waals surface area (Å²) in [5, 5.41) is 9.41. The Hall–Kier alpha value is -3.06. The number of nitrogens with zero attached hydrogens (tertiary/aromatic N) is 1. The third kappa shape index (κ3) is 9.09. The molecule has 0 bridgehead atoms. The van der Waals surface area contributed by atoms with Crippen LogP contribution in [0.25, 0.3) is 0 Å². The smallest absolute Gasteiger partial charge is 0.412 e. The number of amides is 1. The first kappa shape index (κ1) is 24.2. The number of hydrogen-bond acceptors (Lipinski definition) is 4. The molecule has 0 saturated heterocycles. The Balaban J connectivity index is 1.78. The van der Waals surface area contributed by atoms with E-state index in [0.29, 0.717) is 18.8 Å². The summed E-state index contributed by atoms with van der Waals surface area (Å²) in [5.74, 6) is 0.746. The van der Waals surface area contributed by atoms with E-state index in [1.54, 1.807) is 14.2 Å². The van der Waals surface area contributed by atoms with Crippen molar-refractivity contribution in [2.24, 2.45) is 4.99 Å². The Labute approximate surface area is 185 Å². The number of carbonyl (C=O) groups is 1. The first-order valence-electron chi connectivity index (χ1n) is 10.4. The van der Waals surface area contributed by atoms with E-state index in [1.807, 2.05) is 57.2 Å². The summed E-state index contributed by atoms with van der Waals surface area (Å²) < 4.78 is 10.5. The van der Waals surface area contributed by atoms with Crippen LogP contribution in [0.4, 0.5) is 10.5 Å². The first-order chi connectivity index (χ1) is 14.8. The van der Waals surface area contributed by atoms with Gasteiger partial charge in [-0.25, -0.2) is 4.79 Å². The highest BCUT2D eigenvalue weighted by Gasteiger charge is 2.16. The number of guanidine groups is 1. The maximum atomic E-state index is 11.8. The molecule has 1 amide bonds. The summed E-state index contributed by atoms with van der Waals surface area (Å²) in [6.45, 7) is 7.50. The molecule has 0 spiro atoms. The third-order valence-corrected chi connectivity index (χ3v) is 4.39. The molecule has 0 radical (unpaired) electrons. The van der Waals surface area contributed by atoms with Gasteiger partial charge in [0.2, 0.25) is 0 Å². The fraction of sp³-hybridized carbons (Fsp3) is 0.417. The predicted octanol–water partition coefficient (Wildman–Crippen LogP) is 4.09. The van der Waals surface area contributed by atoms with Crippen molar-refractivity contribution in [1.29, 1.82) is 0 Å². The minimum absolute atomic E-state index is 0.455. The SMILES string of the molecule is CN=C(NCCc1ccc(NC(=O)OC(C)(C)C)cc1)NCc1ccccc1COC. The lowest BCUT2D eigenvalue weighted by molar-refractivity contribution is 0.0636. The zero-order valence-electron chi connectivity index (χ0n) is 19.1. The highest BCUT2D eigenvalue weighted by atomic mass is 16.6. The molecule has 0 unspecified atom stereocenters. The molecule has 0 heterocycles. The van der Waals surface area contributed by atoms with Crippen LogP contribution in [0, 0.1) is 0 Å². The molecule has 168 valence electrons. The Bertz CT molecular complexity index is 858. The van der Waals surface area contributed by atoms with Gasteiger partial charge in [0, 0.05) is 32.9 Å². The number of hydrogen-bond donors (Lipinski definition) is 3. The molecule has 0 aliphatic rings. The first-order valence-corrected chi connectivity index (χ1v) is 10.4. The van der Waals surface area contributed by atoms with E-state index < -0.39 is 11.7 Å². The van der Waals surface area contributed by atoms with E-state index in [2.05, 4.69) is 33.1 Å². The van der Waals surface area contributed by atoms with Crippen molar-refractivity contribution in [3.63, 3.8) is 0 Å². The van der Waals surface area contributed by atoms with Gasteiger partial charge in [0.05, 0.1) is 6.61 Å². The molecule has 3 N–H and O–H groups in total. The second kappa shape index (κ2) is 12.0. The standard InChI is InChI=1S/C24H34N4O3/c1-24(2,3)31-23(29)28-21-12-10-18(11-13-21)14-15-26-22(25-4)27-16-19-8-6-7-9-20(19)17-30-5/h6-13H,14-17H2,1-5H3,(H,28,29)(H2,25,26,27). The van der Waals surface area contributed by atoms with Crippen LogP contribution in [0.3, 0.4) is 0 Å². The second-order valence-electron chi connectivity index (χ2n) is 8.13. The lowest BCUT2D eigenvalue weighted by Crippen LogP contribution is -2.38. The highest BCUT2D eigenvalue weighted by molar-refractivity contribution is 5.84. The highest BCUT2D eigenvalue weighted by Crippen LogP contribution is 2.13. The topological polar surface area (TPSA) is 84.0 Å². The fourth-order valence-corrected chi connectivity index (χ4v) is 2.93. The van der Waals surface area contributed by atoms with Gasteiger partial charge in [-0.2, -0.15) is 0 Å². The molecule has 0 aliphatic carbocycles. The van der Waals surface area contributed by atoms with Crippen LogP contribution < -0.4 is 16.0 Å². The van der Waals surface area contributed by atoms with Crippen LogP contribution in [0.2, 0.25) is 0 Å². The molecule has 2 aromatic carbocycles. The van der Waals surface area contributed by atoms with Crippen molar-refractivity contribution >= 4 is 17.7 Å². The number of benzene rings is 2. The molecule has 0 saturated carbocycles. The number of methoxy groups -OCH3 is 1. The van der Waals surface area contributed by atoms with Crippen molar-refractivity contribution in [3.05, 3.63) is 65.2 Å². The monoisotopic (exact) mass is 426 g/mol. The Kier molecular flexibility index (Phi) is 9.34. The summed E-state index contributed by atoms with van der Waals surface area (Å²) in [7, 11) is 3.46. The van der Waals surface area contributed by atoms with Gasteiger partial charge in [-0.1, -0.05) is 36.4 Å². The maximum absolute atomic E-state index is 11.8. The van der Waals surface area contributed by atoms with Crippen LogP contribution >= 0.6 is 0 Å². The van der Waals surface area contributed by atoms with Gasteiger partial charge in [0.15, 0.2) is 5.96 Å². The Morgan fingerprint density at radius 3 is 2.29 bits per heavy atom.